The van der Waals surface area contributed by atoms with E-state index in [1.807, 2.05) is 0 Å². The summed E-state index contributed by atoms with van der Waals surface area (Å²) in [6, 6.07) is -18.3. The number of carbonyl (C=O) groups excluding carboxylic acids is 11. The number of nitrogens with two attached hydrogens (primary N) is 8. The maximum Gasteiger partial charge on any atom is 0.326 e. The average molecular weight is 1380 g/mol. The molecule has 0 radical (unpaired) electrons. The number of rotatable bonds is 45. The van der Waals surface area contributed by atoms with Crippen LogP contribution in [0.4, 0.5) is 0 Å². The van der Waals surface area contributed by atoms with Gasteiger partial charge in [-0.05, 0) is 108 Å². The molecule has 2 aliphatic rings. The normalized spacial score (nSPS) is 17.4. The molecule has 11 amide bonds. The topological polar surface area (TPSA) is 686 Å². The Hall–Kier alpha value is -8.48. The number of carboxylic acid groups (broad SMARTS) is 1. The summed E-state index contributed by atoms with van der Waals surface area (Å²) in [6.45, 7) is -4.85. The van der Waals surface area contributed by atoms with E-state index < -0.39 is 176 Å². The molecule has 0 spiro atoms. The fourth-order valence-electron chi connectivity index (χ4n) is 9.88. The van der Waals surface area contributed by atoms with Gasteiger partial charge in [0.15, 0.2) is 17.9 Å². The Balaban J connectivity index is 2.36. The third-order valence-corrected chi connectivity index (χ3v) is 15.6. The molecule has 0 bridgehead atoms. The molecule has 2 fully saturated rings. The van der Waals surface area contributed by atoms with Crippen LogP contribution in [0.2, 0.25) is 0 Å². The van der Waals surface area contributed by atoms with Gasteiger partial charge in [0.05, 0.1) is 33.0 Å². The number of unbranched alkanes of at least 4 members (excludes halogenated alkanes) is 1. The molecule has 538 valence electrons. The van der Waals surface area contributed by atoms with E-state index >= 15 is 0 Å². The van der Waals surface area contributed by atoms with Crippen LogP contribution in [0.1, 0.15) is 89.9 Å². The molecule has 12 atom stereocenters. The van der Waals surface area contributed by atoms with E-state index in [-0.39, 0.29) is 128 Å². The van der Waals surface area contributed by atoms with Gasteiger partial charge in [0, 0.05) is 32.7 Å². The predicted molar refractivity (Wildman–Crippen MR) is 344 cm³/mol. The Labute approximate surface area is 552 Å². The first-order valence-electron chi connectivity index (χ1n) is 30.9. The number of carboxylic acids is 1. The summed E-state index contributed by atoms with van der Waals surface area (Å²) in [7, 11) is 0. The van der Waals surface area contributed by atoms with Gasteiger partial charge in [-0.3, -0.25) is 67.7 Å². The molecule has 31 N–H and O–H groups in total. The fraction of sp³-hybridized carbons (Fsp3) is 0.722. The first-order valence-corrected chi connectivity index (χ1v) is 32.2. The second-order valence-corrected chi connectivity index (χ2v) is 23.2. The number of hydrogen-bond acceptors (Lipinski definition) is 23. The minimum atomic E-state index is -1.84. The van der Waals surface area contributed by atoms with Crippen LogP contribution >= 0.6 is 11.8 Å². The monoisotopic (exact) mass is 1370 g/mol. The van der Waals surface area contributed by atoms with Crippen LogP contribution in [-0.2, 0) is 57.5 Å². The molecular formula is C54H98N22O18S. The number of thioether (sulfide) groups is 1. The van der Waals surface area contributed by atoms with E-state index in [4.69, 9.17) is 45.9 Å². The smallest absolute Gasteiger partial charge is 0.326 e. The van der Waals surface area contributed by atoms with Gasteiger partial charge in [-0.25, -0.2) is 4.79 Å². The summed E-state index contributed by atoms with van der Waals surface area (Å²) in [6.07, 6.45) is 2.71. The number of aliphatic hydroxyl groups is 5. The van der Waals surface area contributed by atoms with Gasteiger partial charge in [0.25, 0.3) is 0 Å². The fourth-order valence-corrected chi connectivity index (χ4v) is 10.4. The van der Waals surface area contributed by atoms with Gasteiger partial charge in [-0.1, -0.05) is 0 Å². The van der Waals surface area contributed by atoms with E-state index in [2.05, 4.69) is 62.8 Å². The molecule has 0 saturated carbocycles. The molecule has 0 aromatic heterocycles. The Morgan fingerprint density at radius 3 is 1.09 bits per heavy atom. The maximum absolute atomic E-state index is 14.2. The van der Waals surface area contributed by atoms with Crippen molar-refractivity contribution in [1.29, 1.82) is 0 Å². The number of guanidine groups is 3. The molecule has 0 aromatic carbocycles. The standard InChI is InChI=1S/C54H98N22O18S/c1-95-22-15-32(69-47(89)38-13-7-20-75(38)49(91)28(56)23-77)43(85)66-29(10-4-17-63-52(57)58)40(82)71-34(24-78)44(86)68-31(12-6-19-65-54(61)62)42(84)74-37(27-81)50(92)76-21-8-14-39(76)48(90)73-36(26-80)45(87)67-30(11-5-18-64-53(59)60)41(83)72-35(25-79)46(88)70-33(51(93)94)9-2-3-16-55/h28-39,77-81H,2-27,55-56H2,1H3,(H,66,85)(H,67,87)(H,68,86)(H,69,89)(H,70,88)(H,71,82)(H,72,83)(H,73,90)(H,74,84)(H,93,94)(H4,57,58,63)(H4,59,60,64)(H4,61,62,65)/t28-,29-,30-,31-,32-,33-,34-,35-,36-,37-,38-,39-/m0/s1. The molecule has 2 rings (SSSR count). The first kappa shape index (κ1) is 82.6. The minimum absolute atomic E-state index is 0.0173. The molecule has 0 aliphatic carbocycles. The van der Waals surface area contributed by atoms with E-state index in [0.29, 0.717) is 25.0 Å². The summed E-state index contributed by atoms with van der Waals surface area (Å²) in [5.74, 6) is -12.8. The molecule has 0 unspecified atom stereocenters. The lowest BCUT2D eigenvalue weighted by Gasteiger charge is -2.30. The minimum Gasteiger partial charge on any atom is -0.480 e. The van der Waals surface area contributed by atoms with Crippen molar-refractivity contribution in [2.24, 2.45) is 60.8 Å². The van der Waals surface area contributed by atoms with Gasteiger partial charge in [-0.2, -0.15) is 11.8 Å². The highest BCUT2D eigenvalue weighted by Gasteiger charge is 2.42. The summed E-state index contributed by atoms with van der Waals surface area (Å²) in [4.78, 5) is 177. The quantitative estimate of drug-likeness (QED) is 0.0153. The molecule has 2 saturated heterocycles. The van der Waals surface area contributed by atoms with E-state index in [1.54, 1.807) is 6.26 Å². The van der Waals surface area contributed by atoms with Crippen molar-refractivity contribution >= 4 is 101 Å². The Bertz CT molecular complexity index is 2650. The Morgan fingerprint density at radius 1 is 0.432 bits per heavy atom. The maximum atomic E-state index is 14.2. The number of likely N-dealkylation sites (tertiary alicyclic amines) is 2. The van der Waals surface area contributed by atoms with E-state index in [0.717, 1.165) is 4.90 Å². The second-order valence-electron chi connectivity index (χ2n) is 22.2. The number of aliphatic hydroxyl groups excluding tert-OH is 5. The molecule has 2 aliphatic heterocycles. The molecule has 0 aromatic rings. The molecule has 95 heavy (non-hydrogen) atoms. The van der Waals surface area contributed by atoms with Crippen molar-refractivity contribution in [3.63, 3.8) is 0 Å². The molecule has 41 heteroatoms. The number of aliphatic imine (C=N–C) groups is 3. The predicted octanol–water partition coefficient (Wildman–Crippen LogP) is -12.3. The first-order chi connectivity index (χ1) is 45.1. The number of aliphatic carboxylic acids is 1. The van der Waals surface area contributed by atoms with Crippen LogP contribution in [0.15, 0.2) is 15.0 Å². The zero-order valence-electron chi connectivity index (χ0n) is 53.2. The van der Waals surface area contributed by atoms with Crippen molar-refractivity contribution < 1.29 is 88.2 Å². The number of amides is 11. The Kier molecular flexibility index (Phi) is 38.5. The summed E-state index contributed by atoms with van der Waals surface area (Å²) >= 11 is 1.34. The average Bonchev–Trinajstić information content (AvgIpc) is 1.78. The van der Waals surface area contributed by atoms with Crippen LogP contribution in [-0.4, -0.2) is 286 Å². The van der Waals surface area contributed by atoms with Crippen LogP contribution in [0.5, 0.6) is 0 Å². The lowest BCUT2D eigenvalue weighted by atomic mass is 10.1. The van der Waals surface area contributed by atoms with Crippen LogP contribution < -0.4 is 93.7 Å². The van der Waals surface area contributed by atoms with Gasteiger partial charge >= 0.3 is 5.97 Å². The lowest BCUT2D eigenvalue weighted by molar-refractivity contribution is -0.143. The van der Waals surface area contributed by atoms with Crippen LogP contribution in [0, 0.1) is 0 Å². The number of carbonyl (C=O) groups is 12. The van der Waals surface area contributed by atoms with E-state index in [1.165, 1.54) is 16.7 Å². The number of nitrogens with zero attached hydrogens (tertiary/aromatic N) is 5. The molecular weight excluding hydrogens is 1280 g/mol. The van der Waals surface area contributed by atoms with Crippen LogP contribution in [0.25, 0.3) is 0 Å². The second kappa shape index (κ2) is 44.2. The largest absolute Gasteiger partial charge is 0.480 e. The lowest BCUT2D eigenvalue weighted by Crippen LogP contribution is -2.61. The summed E-state index contributed by atoms with van der Waals surface area (Å²) in [5.41, 5.74) is 44.0. The summed E-state index contributed by atoms with van der Waals surface area (Å²) in [5, 5.41) is 82.1. The zero-order valence-corrected chi connectivity index (χ0v) is 54.0. The van der Waals surface area contributed by atoms with Gasteiger partial charge in [0.2, 0.25) is 65.0 Å². The zero-order chi connectivity index (χ0) is 71.3. The van der Waals surface area contributed by atoms with Crippen LogP contribution in [0.3, 0.4) is 0 Å². The third kappa shape index (κ3) is 29.0. The van der Waals surface area contributed by atoms with E-state index in [9.17, 15) is 88.2 Å². The summed E-state index contributed by atoms with van der Waals surface area (Å²) < 4.78 is 0. The highest BCUT2D eigenvalue weighted by atomic mass is 32.2. The number of nitrogens with one attached hydrogen (secondary N) is 9. The highest BCUT2D eigenvalue weighted by Crippen LogP contribution is 2.21. The molecule has 2 heterocycles. The van der Waals surface area contributed by atoms with Crippen molar-refractivity contribution in [2.75, 3.05) is 84.3 Å². The SMILES string of the molecule is CSCC[C@H](NC(=O)[C@@H]1CCCN1C(=O)[C@@H](N)CO)C(=O)N[C@@H](CCCN=C(N)N)C(=O)N[C@@H](CO)C(=O)N[C@@H](CCCN=C(N)N)C(=O)N[C@@H](CO)C(=O)N1CCC[C@H]1C(=O)N[C@@H](CO)C(=O)N[C@@H](CCCN=C(N)N)C(=O)N[C@@H](CO)C(=O)N[C@@H](CCCCN)C(=O)O. The highest BCUT2D eigenvalue weighted by molar-refractivity contribution is 7.98. The van der Waals surface area contributed by atoms with Gasteiger partial charge in [0.1, 0.15) is 72.5 Å². The third-order valence-electron chi connectivity index (χ3n) is 15.0. The Morgan fingerprint density at radius 2 is 0.747 bits per heavy atom. The van der Waals surface area contributed by atoms with Crippen molar-refractivity contribution in [1.82, 2.24) is 57.7 Å². The van der Waals surface area contributed by atoms with Crippen molar-refractivity contribution in [2.45, 2.75) is 162 Å². The molecule has 40 nitrogen and oxygen atoms in total. The van der Waals surface area contributed by atoms with Crippen molar-refractivity contribution in [3.05, 3.63) is 0 Å². The van der Waals surface area contributed by atoms with Gasteiger partial charge < -0.3 is 134 Å². The number of hydrogen-bond donors (Lipinski definition) is 23. The van der Waals surface area contributed by atoms with Gasteiger partial charge in [-0.15, -0.1) is 0 Å². The van der Waals surface area contributed by atoms with Crippen molar-refractivity contribution in [3.8, 4) is 0 Å².